The maximum atomic E-state index is 11.8. The summed E-state index contributed by atoms with van der Waals surface area (Å²) in [6.45, 7) is 0. The van der Waals surface area contributed by atoms with Gasteiger partial charge >= 0.3 is 6.36 Å². The Morgan fingerprint density at radius 3 is 2.53 bits per heavy atom. The minimum atomic E-state index is -4.71. The molecule has 0 aliphatic carbocycles. The second-order valence-corrected chi connectivity index (χ2v) is 3.61. The summed E-state index contributed by atoms with van der Waals surface area (Å²) in [7, 11) is 0. The van der Waals surface area contributed by atoms with Crippen molar-refractivity contribution in [2.45, 2.75) is 6.36 Å². The number of halogens is 4. The van der Waals surface area contributed by atoms with Gasteiger partial charge in [-0.05, 0) is 40.8 Å². The van der Waals surface area contributed by atoms with Gasteiger partial charge in [0.1, 0.15) is 5.75 Å². The Balaban J connectivity index is 2.86. The largest absolute Gasteiger partial charge is 0.573 e. The van der Waals surface area contributed by atoms with Crippen LogP contribution in [0.1, 0.15) is 0 Å². The van der Waals surface area contributed by atoms with Gasteiger partial charge < -0.3 is 10.1 Å². The molecule has 0 radical (unpaired) electrons. The Kier molecular flexibility index (Phi) is 3.77. The number of hydrogen-bond acceptors (Lipinski definition) is 2. The Hall–Kier alpha value is -0.990. The summed E-state index contributed by atoms with van der Waals surface area (Å²) in [6.07, 6.45) is -4.26. The summed E-state index contributed by atoms with van der Waals surface area (Å²) in [6, 6.07) is 3.64. The summed E-state index contributed by atoms with van der Waals surface area (Å²) in [5, 5.41) is 2.34. The van der Waals surface area contributed by atoms with E-state index in [-0.39, 0.29) is 5.75 Å². The Labute approximate surface area is 96.7 Å². The zero-order valence-electron chi connectivity index (χ0n) is 7.14. The van der Waals surface area contributed by atoms with Crippen molar-refractivity contribution in [2.75, 3.05) is 5.32 Å². The molecule has 0 bridgehead atoms. The number of amides is 1. The molecule has 0 aliphatic heterocycles. The molecule has 15 heavy (non-hydrogen) atoms. The molecule has 3 nitrogen and oxygen atoms in total. The van der Waals surface area contributed by atoms with Gasteiger partial charge in [0, 0.05) is 3.57 Å². The van der Waals surface area contributed by atoms with Crippen LogP contribution in [0.25, 0.3) is 0 Å². The maximum Gasteiger partial charge on any atom is 0.573 e. The first kappa shape index (κ1) is 12.1. The van der Waals surface area contributed by atoms with Gasteiger partial charge in [0.15, 0.2) is 0 Å². The highest BCUT2D eigenvalue weighted by atomic mass is 127. The summed E-state index contributed by atoms with van der Waals surface area (Å²) in [4.78, 5) is 10.1. The smallest absolute Gasteiger partial charge is 0.406 e. The average molecular weight is 331 g/mol. The Morgan fingerprint density at radius 2 is 2.07 bits per heavy atom. The van der Waals surface area contributed by atoms with Crippen molar-refractivity contribution >= 4 is 34.7 Å². The van der Waals surface area contributed by atoms with E-state index in [4.69, 9.17) is 0 Å². The predicted molar refractivity (Wildman–Crippen MR) is 55.5 cm³/mol. The summed E-state index contributed by atoms with van der Waals surface area (Å²) >= 11 is 1.79. The Bertz CT molecular complexity index is 367. The van der Waals surface area contributed by atoms with E-state index in [1.165, 1.54) is 12.1 Å². The lowest BCUT2D eigenvalue weighted by molar-refractivity contribution is -0.274. The number of rotatable bonds is 3. The fourth-order valence-corrected chi connectivity index (χ4v) is 1.52. The zero-order valence-corrected chi connectivity index (χ0v) is 9.30. The van der Waals surface area contributed by atoms with Crippen molar-refractivity contribution in [3.8, 4) is 5.75 Å². The van der Waals surface area contributed by atoms with Crippen LogP contribution < -0.4 is 10.1 Å². The van der Waals surface area contributed by atoms with Crippen molar-refractivity contribution < 1.29 is 22.7 Å². The van der Waals surface area contributed by atoms with Gasteiger partial charge in [-0.15, -0.1) is 13.2 Å². The van der Waals surface area contributed by atoms with Gasteiger partial charge in [-0.3, -0.25) is 4.79 Å². The second-order valence-electron chi connectivity index (χ2n) is 2.45. The summed E-state index contributed by atoms with van der Waals surface area (Å²) in [5.74, 6) is -0.316. The van der Waals surface area contributed by atoms with Crippen LogP contribution in [0.2, 0.25) is 0 Å². The van der Waals surface area contributed by atoms with Crippen LogP contribution in [0.4, 0.5) is 18.9 Å². The lowest BCUT2D eigenvalue weighted by atomic mass is 10.3. The average Bonchev–Trinajstić information content (AvgIpc) is 2.07. The Morgan fingerprint density at radius 1 is 1.40 bits per heavy atom. The van der Waals surface area contributed by atoms with E-state index in [2.05, 4.69) is 10.1 Å². The predicted octanol–water partition coefficient (Wildman–Crippen LogP) is 2.76. The first-order chi connectivity index (χ1) is 6.92. The maximum absolute atomic E-state index is 11.8. The van der Waals surface area contributed by atoms with Crippen molar-refractivity contribution in [3.05, 3.63) is 21.8 Å². The second kappa shape index (κ2) is 4.69. The molecule has 1 aromatic rings. The first-order valence-corrected chi connectivity index (χ1v) is 4.76. The highest BCUT2D eigenvalue weighted by Crippen LogP contribution is 2.27. The molecule has 0 fully saturated rings. The summed E-state index contributed by atoms with van der Waals surface area (Å²) < 4.78 is 39.6. The number of carbonyl (C=O) groups is 1. The molecule has 1 amide bonds. The molecular weight excluding hydrogens is 326 g/mol. The molecule has 0 saturated heterocycles. The minimum Gasteiger partial charge on any atom is -0.406 e. The van der Waals surface area contributed by atoms with Crippen molar-refractivity contribution in [1.82, 2.24) is 0 Å². The molecule has 0 saturated carbocycles. The highest BCUT2D eigenvalue weighted by Gasteiger charge is 2.31. The van der Waals surface area contributed by atoms with Crippen LogP contribution >= 0.6 is 22.6 Å². The monoisotopic (exact) mass is 331 g/mol. The summed E-state index contributed by atoms with van der Waals surface area (Å²) in [5.41, 5.74) is 0.431. The topological polar surface area (TPSA) is 38.3 Å². The SMILES string of the molecule is O=CNc1ccc(OC(F)(F)F)cc1I. The third-order valence-electron chi connectivity index (χ3n) is 1.39. The number of nitrogens with one attached hydrogen (secondary N) is 1. The van der Waals surface area contributed by atoms with Crippen LogP contribution in [0, 0.1) is 3.57 Å². The van der Waals surface area contributed by atoms with Crippen LogP contribution in [0.3, 0.4) is 0 Å². The highest BCUT2D eigenvalue weighted by molar-refractivity contribution is 14.1. The third kappa shape index (κ3) is 3.94. The third-order valence-corrected chi connectivity index (χ3v) is 2.28. The van der Waals surface area contributed by atoms with E-state index in [1.54, 1.807) is 22.6 Å². The molecule has 1 aromatic carbocycles. The van der Waals surface area contributed by atoms with Crippen LogP contribution in [0.5, 0.6) is 5.75 Å². The number of alkyl halides is 3. The van der Waals surface area contributed by atoms with Crippen LogP contribution in [0.15, 0.2) is 18.2 Å². The van der Waals surface area contributed by atoms with Gasteiger partial charge in [0.25, 0.3) is 0 Å². The van der Waals surface area contributed by atoms with Gasteiger partial charge in [0.2, 0.25) is 6.41 Å². The normalized spacial score (nSPS) is 10.9. The van der Waals surface area contributed by atoms with E-state index in [0.29, 0.717) is 15.7 Å². The number of anilines is 1. The van der Waals surface area contributed by atoms with E-state index < -0.39 is 6.36 Å². The van der Waals surface area contributed by atoms with Gasteiger partial charge in [0.05, 0.1) is 5.69 Å². The van der Waals surface area contributed by atoms with Crippen molar-refractivity contribution in [2.24, 2.45) is 0 Å². The van der Waals surface area contributed by atoms with E-state index in [0.717, 1.165) is 6.07 Å². The molecule has 0 atom stereocenters. The lowest BCUT2D eigenvalue weighted by Gasteiger charge is -2.10. The van der Waals surface area contributed by atoms with Crippen molar-refractivity contribution in [3.63, 3.8) is 0 Å². The minimum absolute atomic E-state index is 0.316. The molecule has 0 heterocycles. The van der Waals surface area contributed by atoms with E-state index >= 15 is 0 Å². The first-order valence-electron chi connectivity index (χ1n) is 3.68. The molecule has 7 heteroatoms. The molecule has 0 aliphatic rings. The van der Waals surface area contributed by atoms with Crippen LogP contribution in [-0.4, -0.2) is 12.8 Å². The quantitative estimate of drug-likeness (QED) is 0.683. The lowest BCUT2D eigenvalue weighted by Crippen LogP contribution is -2.17. The molecule has 0 aromatic heterocycles. The number of hydrogen-bond donors (Lipinski definition) is 1. The van der Waals surface area contributed by atoms with E-state index in [9.17, 15) is 18.0 Å². The fourth-order valence-electron chi connectivity index (χ4n) is 0.873. The number of benzene rings is 1. The molecule has 0 spiro atoms. The molecular formula is C8H5F3INO2. The number of ether oxygens (including phenoxy) is 1. The molecule has 1 rings (SSSR count). The van der Waals surface area contributed by atoms with E-state index in [1.807, 2.05) is 0 Å². The van der Waals surface area contributed by atoms with Crippen molar-refractivity contribution in [1.29, 1.82) is 0 Å². The molecule has 0 unspecified atom stereocenters. The fraction of sp³-hybridized carbons (Fsp3) is 0.125. The van der Waals surface area contributed by atoms with Gasteiger partial charge in [-0.1, -0.05) is 0 Å². The molecule has 1 N–H and O–H groups in total. The van der Waals surface area contributed by atoms with Gasteiger partial charge in [-0.2, -0.15) is 0 Å². The standard InChI is InChI=1S/C8H5F3INO2/c9-8(10,11)15-5-1-2-7(13-4-14)6(12)3-5/h1-4H,(H,13,14). The zero-order chi connectivity index (χ0) is 11.5. The van der Waals surface area contributed by atoms with Crippen LogP contribution in [-0.2, 0) is 4.79 Å². The number of carbonyl (C=O) groups excluding carboxylic acids is 1. The molecule has 82 valence electrons. The van der Waals surface area contributed by atoms with Gasteiger partial charge in [-0.25, -0.2) is 0 Å².